The number of fused-ring (bicyclic) bond motifs is 1. The van der Waals surface area contributed by atoms with Gasteiger partial charge in [-0.15, -0.1) is 0 Å². The van der Waals surface area contributed by atoms with Gasteiger partial charge in [0.2, 0.25) is 5.91 Å². The van der Waals surface area contributed by atoms with E-state index in [2.05, 4.69) is 36.5 Å². The third-order valence-electron chi connectivity index (χ3n) is 5.51. The molecule has 1 aromatic heterocycles. The molecule has 3 aromatic carbocycles. The van der Waals surface area contributed by atoms with E-state index in [4.69, 9.17) is 20.8 Å². The number of methoxy groups -OCH3 is 1. The SMILES string of the molecule is COc1c(/C(C)=C/C(=O)Nc2ccccc2Cl)cc2c(-c3ccc(C)cc3)coc2c1C. The van der Waals surface area contributed by atoms with E-state index >= 15 is 0 Å². The lowest BCUT2D eigenvalue weighted by Crippen LogP contribution is -2.09. The Kier molecular flexibility index (Phi) is 6.06. The number of hydrogen-bond acceptors (Lipinski definition) is 3. The van der Waals surface area contributed by atoms with Crippen molar-refractivity contribution in [2.75, 3.05) is 12.4 Å². The fourth-order valence-corrected chi connectivity index (χ4v) is 4.02. The van der Waals surface area contributed by atoms with E-state index in [1.807, 2.05) is 32.0 Å². The number of ether oxygens (including phenoxy) is 1. The van der Waals surface area contributed by atoms with Crippen LogP contribution in [-0.2, 0) is 4.79 Å². The summed E-state index contributed by atoms with van der Waals surface area (Å²) in [6.45, 7) is 5.91. The number of benzene rings is 3. The van der Waals surface area contributed by atoms with Crippen molar-refractivity contribution < 1.29 is 13.9 Å². The normalized spacial score (nSPS) is 11.6. The summed E-state index contributed by atoms with van der Waals surface area (Å²) in [6, 6.07) is 17.5. The molecule has 0 aliphatic rings. The number of furan rings is 1. The van der Waals surface area contributed by atoms with Crippen molar-refractivity contribution in [1.82, 2.24) is 0 Å². The Bertz CT molecular complexity index is 1330. The van der Waals surface area contributed by atoms with E-state index in [0.717, 1.165) is 38.8 Å². The molecular formula is C27H24ClNO3. The van der Waals surface area contributed by atoms with Gasteiger partial charge >= 0.3 is 0 Å². The van der Waals surface area contributed by atoms with E-state index in [-0.39, 0.29) is 5.91 Å². The molecule has 0 atom stereocenters. The zero-order valence-electron chi connectivity index (χ0n) is 18.5. The van der Waals surface area contributed by atoms with Gasteiger partial charge in [0.25, 0.3) is 0 Å². The maximum Gasteiger partial charge on any atom is 0.248 e. The number of carbonyl (C=O) groups excluding carboxylic acids is 1. The number of anilines is 1. The second-order valence-corrected chi connectivity index (χ2v) is 8.18. The largest absolute Gasteiger partial charge is 0.496 e. The summed E-state index contributed by atoms with van der Waals surface area (Å²) in [6.07, 6.45) is 3.33. The van der Waals surface area contributed by atoms with Crippen LogP contribution in [0.1, 0.15) is 23.6 Å². The van der Waals surface area contributed by atoms with Gasteiger partial charge in [0.15, 0.2) is 0 Å². The van der Waals surface area contributed by atoms with Gasteiger partial charge < -0.3 is 14.5 Å². The molecule has 1 N–H and O–H groups in total. The smallest absolute Gasteiger partial charge is 0.248 e. The van der Waals surface area contributed by atoms with Crippen LogP contribution >= 0.6 is 11.6 Å². The molecule has 1 amide bonds. The first-order valence-corrected chi connectivity index (χ1v) is 10.7. The summed E-state index contributed by atoms with van der Waals surface area (Å²) >= 11 is 6.16. The molecule has 4 rings (SSSR count). The number of aryl methyl sites for hydroxylation is 2. The Balaban J connectivity index is 1.77. The summed E-state index contributed by atoms with van der Waals surface area (Å²) in [5.41, 5.74) is 7.10. The first kappa shape index (κ1) is 21.7. The van der Waals surface area contributed by atoms with Gasteiger partial charge in [-0.3, -0.25) is 4.79 Å². The number of nitrogens with one attached hydrogen (secondary N) is 1. The minimum Gasteiger partial charge on any atom is -0.496 e. The molecule has 4 nitrogen and oxygen atoms in total. The van der Waals surface area contributed by atoms with Crippen molar-refractivity contribution in [2.45, 2.75) is 20.8 Å². The van der Waals surface area contributed by atoms with Crippen LogP contribution in [-0.4, -0.2) is 13.0 Å². The van der Waals surface area contributed by atoms with E-state index in [0.29, 0.717) is 16.5 Å². The molecular weight excluding hydrogens is 422 g/mol. The van der Waals surface area contributed by atoms with Crippen molar-refractivity contribution in [3.05, 3.63) is 88.6 Å². The number of hydrogen-bond donors (Lipinski definition) is 1. The highest BCUT2D eigenvalue weighted by Crippen LogP contribution is 2.40. The lowest BCUT2D eigenvalue weighted by atomic mass is 9.96. The molecule has 32 heavy (non-hydrogen) atoms. The molecule has 1 heterocycles. The van der Waals surface area contributed by atoms with Crippen LogP contribution in [0.25, 0.3) is 27.7 Å². The second kappa shape index (κ2) is 8.93. The zero-order chi connectivity index (χ0) is 22.8. The van der Waals surface area contributed by atoms with Crippen molar-refractivity contribution in [2.24, 2.45) is 0 Å². The molecule has 5 heteroatoms. The summed E-state index contributed by atoms with van der Waals surface area (Å²) in [4.78, 5) is 12.7. The molecule has 0 saturated carbocycles. The zero-order valence-corrected chi connectivity index (χ0v) is 19.2. The molecule has 162 valence electrons. The highest BCUT2D eigenvalue weighted by atomic mass is 35.5. The number of carbonyl (C=O) groups is 1. The number of amides is 1. The fourth-order valence-electron chi connectivity index (χ4n) is 3.83. The molecule has 0 radical (unpaired) electrons. The van der Waals surface area contributed by atoms with Crippen LogP contribution in [0.4, 0.5) is 5.69 Å². The minimum absolute atomic E-state index is 0.263. The van der Waals surface area contributed by atoms with E-state index < -0.39 is 0 Å². The third kappa shape index (κ3) is 4.14. The average molecular weight is 446 g/mol. The van der Waals surface area contributed by atoms with E-state index in [1.165, 1.54) is 5.56 Å². The molecule has 0 unspecified atom stereocenters. The maximum absolute atomic E-state index is 12.7. The second-order valence-electron chi connectivity index (χ2n) is 7.77. The molecule has 4 aromatic rings. The number of halogens is 1. The fraction of sp³-hybridized carbons (Fsp3) is 0.148. The summed E-state index contributed by atoms with van der Waals surface area (Å²) in [5, 5.41) is 4.29. The van der Waals surface area contributed by atoms with E-state index in [1.54, 1.807) is 31.6 Å². The maximum atomic E-state index is 12.7. The topological polar surface area (TPSA) is 51.5 Å². The predicted octanol–water partition coefficient (Wildman–Crippen LogP) is 7.42. The molecule has 0 saturated heterocycles. The highest BCUT2D eigenvalue weighted by molar-refractivity contribution is 6.33. The van der Waals surface area contributed by atoms with Crippen LogP contribution in [0.5, 0.6) is 5.75 Å². The van der Waals surface area contributed by atoms with Gasteiger partial charge in [-0.25, -0.2) is 0 Å². The lowest BCUT2D eigenvalue weighted by Gasteiger charge is -2.13. The highest BCUT2D eigenvalue weighted by Gasteiger charge is 2.19. The average Bonchev–Trinajstić information content (AvgIpc) is 3.20. The molecule has 0 aliphatic carbocycles. The van der Waals surface area contributed by atoms with Crippen LogP contribution < -0.4 is 10.1 Å². The Hall–Kier alpha value is -3.50. The monoisotopic (exact) mass is 445 g/mol. The Labute approximate surface area is 192 Å². The standard InChI is InChI=1S/C27H24ClNO3/c1-16-9-11-19(12-10-16)22-15-32-27-18(3)26(31-4)20(14-21(22)27)17(2)13-25(30)29-24-8-6-5-7-23(24)28/h5-15H,1-4H3,(H,29,30)/b17-13+. The van der Waals surface area contributed by atoms with Crippen LogP contribution in [0.3, 0.4) is 0 Å². The van der Waals surface area contributed by atoms with Crippen molar-refractivity contribution >= 4 is 39.7 Å². The lowest BCUT2D eigenvalue weighted by molar-refractivity contribution is -0.111. The summed E-state index contributed by atoms with van der Waals surface area (Å²) in [5.74, 6) is 0.419. The first-order chi connectivity index (χ1) is 15.4. The van der Waals surface area contributed by atoms with Gasteiger partial charge in [0, 0.05) is 28.2 Å². The van der Waals surface area contributed by atoms with Gasteiger partial charge in [-0.1, -0.05) is 53.6 Å². The summed E-state index contributed by atoms with van der Waals surface area (Å²) < 4.78 is 11.6. The Morgan fingerprint density at radius 1 is 1.09 bits per heavy atom. The Morgan fingerprint density at radius 2 is 1.81 bits per heavy atom. The number of para-hydroxylation sites is 1. The molecule has 0 aliphatic heterocycles. The van der Waals surface area contributed by atoms with Gasteiger partial charge in [0.05, 0.1) is 24.1 Å². The van der Waals surface area contributed by atoms with Crippen LogP contribution in [0, 0.1) is 13.8 Å². The van der Waals surface area contributed by atoms with Crippen molar-refractivity contribution in [3.8, 4) is 16.9 Å². The number of allylic oxidation sites excluding steroid dienone is 1. The van der Waals surface area contributed by atoms with Crippen LogP contribution in [0.15, 0.2) is 71.4 Å². The van der Waals surface area contributed by atoms with E-state index in [9.17, 15) is 4.79 Å². The van der Waals surface area contributed by atoms with Crippen molar-refractivity contribution in [3.63, 3.8) is 0 Å². The Morgan fingerprint density at radius 3 is 2.50 bits per heavy atom. The van der Waals surface area contributed by atoms with Crippen molar-refractivity contribution in [1.29, 1.82) is 0 Å². The minimum atomic E-state index is -0.263. The van der Waals surface area contributed by atoms with Gasteiger partial charge in [-0.2, -0.15) is 0 Å². The first-order valence-electron chi connectivity index (χ1n) is 10.3. The third-order valence-corrected chi connectivity index (χ3v) is 5.84. The number of rotatable bonds is 5. The van der Waals surface area contributed by atoms with Gasteiger partial charge in [-0.05, 0) is 50.1 Å². The molecule has 0 bridgehead atoms. The van der Waals surface area contributed by atoms with Gasteiger partial charge in [0.1, 0.15) is 11.3 Å². The molecule has 0 spiro atoms. The molecule has 0 fully saturated rings. The predicted molar refractivity (Wildman–Crippen MR) is 131 cm³/mol. The van der Waals surface area contributed by atoms with Crippen LogP contribution in [0.2, 0.25) is 5.02 Å². The summed E-state index contributed by atoms with van der Waals surface area (Å²) in [7, 11) is 1.62. The quantitative estimate of drug-likeness (QED) is 0.325.